The predicted octanol–water partition coefficient (Wildman–Crippen LogP) is 4.59. The lowest BCUT2D eigenvalue weighted by Gasteiger charge is -2.19. The van der Waals surface area contributed by atoms with E-state index in [2.05, 4.69) is 26.1 Å². The highest BCUT2D eigenvalue weighted by atomic mass is 16.5. The molecule has 0 spiro atoms. The van der Waals surface area contributed by atoms with Crippen LogP contribution in [0, 0.1) is 0 Å². The number of benzene rings is 2. The zero-order valence-corrected chi connectivity index (χ0v) is 15.4. The van der Waals surface area contributed by atoms with E-state index in [1.807, 2.05) is 24.3 Å². The molecule has 2 rings (SSSR count). The lowest BCUT2D eigenvalue weighted by molar-refractivity contribution is -0.122. The lowest BCUT2D eigenvalue weighted by atomic mass is 9.87. The van der Waals surface area contributed by atoms with Gasteiger partial charge in [0.05, 0.1) is 0 Å². The van der Waals surface area contributed by atoms with Gasteiger partial charge in [0.1, 0.15) is 5.75 Å². The van der Waals surface area contributed by atoms with Crippen molar-refractivity contribution in [1.82, 2.24) is 0 Å². The van der Waals surface area contributed by atoms with Crippen LogP contribution in [0.4, 0.5) is 5.69 Å². The molecule has 1 amide bonds. The Morgan fingerprint density at radius 1 is 1.04 bits per heavy atom. The maximum absolute atomic E-state index is 12.3. The normalized spacial score (nSPS) is 12.4. The van der Waals surface area contributed by atoms with Crippen LogP contribution in [0.15, 0.2) is 48.5 Å². The molecule has 0 saturated heterocycles. The predicted molar refractivity (Wildman–Crippen MR) is 100 cm³/mol. The van der Waals surface area contributed by atoms with Crippen LogP contribution >= 0.6 is 0 Å². The first-order valence-corrected chi connectivity index (χ1v) is 8.36. The van der Waals surface area contributed by atoms with E-state index in [-0.39, 0.29) is 17.1 Å². The fourth-order valence-corrected chi connectivity index (χ4v) is 2.34. The first kappa shape index (κ1) is 18.7. The number of carbonyl (C=O) groups is 2. The highest BCUT2D eigenvalue weighted by Gasteiger charge is 2.17. The second-order valence-electron chi connectivity index (χ2n) is 7.16. The molecule has 1 unspecified atom stereocenters. The van der Waals surface area contributed by atoms with Gasteiger partial charge in [-0.1, -0.05) is 45.0 Å². The zero-order chi connectivity index (χ0) is 18.6. The van der Waals surface area contributed by atoms with E-state index in [1.165, 1.54) is 12.5 Å². The first-order valence-electron chi connectivity index (χ1n) is 8.36. The van der Waals surface area contributed by atoms with Crippen LogP contribution in [0.5, 0.6) is 5.75 Å². The van der Waals surface area contributed by atoms with E-state index in [1.54, 1.807) is 31.2 Å². The van der Waals surface area contributed by atoms with Gasteiger partial charge >= 0.3 is 0 Å². The highest BCUT2D eigenvalue weighted by molar-refractivity contribution is 5.95. The molecule has 2 aromatic carbocycles. The summed E-state index contributed by atoms with van der Waals surface area (Å²) < 4.78 is 5.65. The van der Waals surface area contributed by atoms with Crippen molar-refractivity contribution in [2.45, 2.75) is 46.1 Å². The lowest BCUT2D eigenvalue weighted by Crippen LogP contribution is -2.30. The molecule has 0 saturated carbocycles. The van der Waals surface area contributed by atoms with Crippen LogP contribution in [0.1, 0.15) is 50.5 Å². The highest BCUT2D eigenvalue weighted by Crippen LogP contribution is 2.23. The van der Waals surface area contributed by atoms with Gasteiger partial charge in [-0.3, -0.25) is 9.59 Å². The van der Waals surface area contributed by atoms with Crippen molar-refractivity contribution in [2.24, 2.45) is 0 Å². The summed E-state index contributed by atoms with van der Waals surface area (Å²) in [6.07, 6.45) is -0.676. The summed E-state index contributed by atoms with van der Waals surface area (Å²) in [6, 6.07) is 14.6. The molecule has 1 atom stereocenters. The number of hydrogen-bond donors (Lipinski definition) is 1. The molecular formula is C21H25NO3. The van der Waals surface area contributed by atoms with Crippen LogP contribution in [-0.2, 0) is 10.2 Å². The summed E-state index contributed by atoms with van der Waals surface area (Å²) >= 11 is 0. The fourth-order valence-electron chi connectivity index (χ4n) is 2.34. The average Bonchev–Trinajstić information content (AvgIpc) is 2.54. The number of hydrogen-bond acceptors (Lipinski definition) is 3. The van der Waals surface area contributed by atoms with Crippen molar-refractivity contribution >= 4 is 17.4 Å². The average molecular weight is 339 g/mol. The minimum atomic E-state index is -0.676. The molecule has 132 valence electrons. The minimum absolute atomic E-state index is 0.0403. The maximum atomic E-state index is 12.3. The number of nitrogens with one attached hydrogen (secondary N) is 1. The number of amides is 1. The zero-order valence-electron chi connectivity index (χ0n) is 15.4. The van der Waals surface area contributed by atoms with Crippen LogP contribution in [0.2, 0.25) is 0 Å². The van der Waals surface area contributed by atoms with E-state index in [4.69, 9.17) is 4.74 Å². The first-order chi connectivity index (χ1) is 11.7. The topological polar surface area (TPSA) is 55.4 Å². The van der Waals surface area contributed by atoms with Gasteiger partial charge in [-0.05, 0) is 49.1 Å². The van der Waals surface area contributed by atoms with Gasteiger partial charge in [-0.25, -0.2) is 0 Å². The summed E-state index contributed by atoms with van der Waals surface area (Å²) in [5.74, 6) is 0.219. The van der Waals surface area contributed by atoms with Gasteiger partial charge in [0, 0.05) is 11.3 Å². The van der Waals surface area contributed by atoms with Crippen molar-refractivity contribution < 1.29 is 14.3 Å². The monoisotopic (exact) mass is 339 g/mol. The summed E-state index contributed by atoms with van der Waals surface area (Å²) in [7, 11) is 0. The van der Waals surface area contributed by atoms with E-state index in [0.717, 1.165) is 5.69 Å². The van der Waals surface area contributed by atoms with Crippen molar-refractivity contribution in [1.29, 1.82) is 0 Å². The Hall–Kier alpha value is -2.62. The molecule has 0 heterocycles. The van der Waals surface area contributed by atoms with Crippen LogP contribution in [0.25, 0.3) is 0 Å². The largest absolute Gasteiger partial charge is 0.481 e. The molecule has 4 heteroatoms. The molecule has 0 radical (unpaired) electrons. The summed E-state index contributed by atoms with van der Waals surface area (Å²) in [5, 5.41) is 2.85. The van der Waals surface area contributed by atoms with Gasteiger partial charge in [0.25, 0.3) is 5.91 Å². The summed E-state index contributed by atoms with van der Waals surface area (Å²) in [4.78, 5) is 23.7. The number of ether oxygens (including phenoxy) is 1. The SMILES string of the molecule is CC(=O)c1cccc(OC(C)C(=O)Nc2ccc(C(C)(C)C)cc2)c1. The van der Waals surface area contributed by atoms with E-state index >= 15 is 0 Å². The number of rotatable bonds is 5. The summed E-state index contributed by atoms with van der Waals surface area (Å²) in [6.45, 7) is 9.61. The van der Waals surface area contributed by atoms with Crippen molar-refractivity contribution in [3.8, 4) is 5.75 Å². The maximum Gasteiger partial charge on any atom is 0.265 e. The molecule has 4 nitrogen and oxygen atoms in total. The molecule has 0 aliphatic rings. The molecule has 0 fully saturated rings. The molecular weight excluding hydrogens is 314 g/mol. The fraction of sp³-hybridized carbons (Fsp3) is 0.333. The molecule has 25 heavy (non-hydrogen) atoms. The molecule has 0 aliphatic carbocycles. The van der Waals surface area contributed by atoms with Gasteiger partial charge in [-0.2, -0.15) is 0 Å². The van der Waals surface area contributed by atoms with Crippen molar-refractivity contribution in [2.75, 3.05) is 5.32 Å². The quantitative estimate of drug-likeness (QED) is 0.810. The Kier molecular flexibility index (Phi) is 5.62. The Morgan fingerprint density at radius 2 is 1.68 bits per heavy atom. The number of Topliss-reactive ketones (excluding diaryl/α,β-unsaturated/α-hetero) is 1. The second-order valence-corrected chi connectivity index (χ2v) is 7.16. The Bertz CT molecular complexity index is 757. The Morgan fingerprint density at radius 3 is 2.24 bits per heavy atom. The number of anilines is 1. The second kappa shape index (κ2) is 7.51. The van der Waals surface area contributed by atoms with E-state index in [9.17, 15) is 9.59 Å². The van der Waals surface area contributed by atoms with Crippen molar-refractivity contribution in [3.05, 3.63) is 59.7 Å². The smallest absolute Gasteiger partial charge is 0.265 e. The van der Waals surface area contributed by atoms with Crippen LogP contribution < -0.4 is 10.1 Å². The van der Waals surface area contributed by atoms with Gasteiger partial charge < -0.3 is 10.1 Å². The summed E-state index contributed by atoms with van der Waals surface area (Å²) in [5.41, 5.74) is 2.56. The molecule has 0 aliphatic heterocycles. The van der Waals surface area contributed by atoms with Gasteiger partial charge in [-0.15, -0.1) is 0 Å². The third-order valence-corrected chi connectivity index (χ3v) is 3.94. The number of carbonyl (C=O) groups excluding carboxylic acids is 2. The third kappa shape index (κ3) is 5.18. The van der Waals surface area contributed by atoms with E-state index < -0.39 is 6.10 Å². The van der Waals surface area contributed by atoms with Crippen molar-refractivity contribution in [3.63, 3.8) is 0 Å². The standard InChI is InChI=1S/C21H25NO3/c1-14(23)16-7-6-8-19(13-16)25-15(2)20(24)22-18-11-9-17(10-12-18)21(3,4)5/h6-13,15H,1-5H3,(H,22,24). The van der Waals surface area contributed by atoms with Crippen LogP contribution in [0.3, 0.4) is 0 Å². The van der Waals surface area contributed by atoms with Gasteiger partial charge in [0.2, 0.25) is 0 Å². The number of ketones is 1. The third-order valence-electron chi connectivity index (χ3n) is 3.94. The minimum Gasteiger partial charge on any atom is -0.481 e. The molecule has 2 aromatic rings. The molecule has 0 bridgehead atoms. The molecule has 0 aromatic heterocycles. The molecule has 1 N–H and O–H groups in total. The van der Waals surface area contributed by atoms with Gasteiger partial charge in [0.15, 0.2) is 11.9 Å². The Labute approximate surface area is 149 Å². The van der Waals surface area contributed by atoms with Crippen LogP contribution in [-0.4, -0.2) is 17.8 Å². The Balaban J connectivity index is 2.00. The van der Waals surface area contributed by atoms with E-state index in [0.29, 0.717) is 11.3 Å².